The van der Waals surface area contributed by atoms with E-state index in [9.17, 15) is 4.39 Å². The van der Waals surface area contributed by atoms with Gasteiger partial charge in [0.1, 0.15) is 5.82 Å². The average molecular weight is 268 g/mol. The average Bonchev–Trinajstić information content (AvgIpc) is 2.75. The topological polar surface area (TPSA) is 30.9 Å². The zero-order chi connectivity index (χ0) is 14.1. The summed E-state index contributed by atoms with van der Waals surface area (Å²) in [6, 6.07) is 13.3. The minimum absolute atomic E-state index is 0.226. The number of rotatable bonds is 3. The van der Waals surface area contributed by atoms with E-state index in [0.29, 0.717) is 13.1 Å². The van der Waals surface area contributed by atoms with Crippen molar-refractivity contribution in [1.29, 1.82) is 0 Å². The minimum atomic E-state index is -0.226. The number of halogens is 1. The molecule has 0 aliphatic heterocycles. The summed E-state index contributed by atoms with van der Waals surface area (Å²) in [6.45, 7) is 3.10. The fraction of sp³-hybridized carbons (Fsp3) is 0.176. The molecule has 0 aliphatic carbocycles. The van der Waals surface area contributed by atoms with Crippen molar-refractivity contribution in [1.82, 2.24) is 4.57 Å². The van der Waals surface area contributed by atoms with E-state index >= 15 is 0 Å². The molecule has 2 N–H and O–H groups in total. The summed E-state index contributed by atoms with van der Waals surface area (Å²) < 4.78 is 15.7. The van der Waals surface area contributed by atoms with Crippen molar-refractivity contribution in [2.75, 3.05) is 0 Å². The van der Waals surface area contributed by atoms with Gasteiger partial charge >= 0.3 is 0 Å². The molecule has 0 amide bonds. The summed E-state index contributed by atoms with van der Waals surface area (Å²) in [5, 5.41) is 1.24. The first kappa shape index (κ1) is 12.9. The van der Waals surface area contributed by atoms with Gasteiger partial charge in [-0.05, 0) is 41.8 Å². The Labute approximate surface area is 117 Å². The number of aromatic nitrogens is 1. The zero-order valence-corrected chi connectivity index (χ0v) is 11.4. The highest BCUT2D eigenvalue weighted by molar-refractivity contribution is 5.83. The number of aryl methyl sites for hydroxylation is 1. The fourth-order valence-corrected chi connectivity index (χ4v) is 2.68. The molecule has 3 heteroatoms. The van der Waals surface area contributed by atoms with Gasteiger partial charge in [-0.2, -0.15) is 0 Å². The molecule has 2 aromatic carbocycles. The Balaban J connectivity index is 2.03. The van der Waals surface area contributed by atoms with Gasteiger partial charge in [0, 0.05) is 30.2 Å². The molecule has 0 atom stereocenters. The van der Waals surface area contributed by atoms with Gasteiger partial charge in [-0.15, -0.1) is 0 Å². The summed E-state index contributed by atoms with van der Waals surface area (Å²) in [5.74, 6) is -0.226. The van der Waals surface area contributed by atoms with Crippen LogP contribution in [0, 0.1) is 12.7 Å². The molecular formula is C17H17FN2. The maximum Gasteiger partial charge on any atom is 0.123 e. The molecule has 0 fully saturated rings. The predicted octanol–water partition coefficient (Wildman–Crippen LogP) is 3.60. The number of nitrogens with two attached hydrogens (primary N) is 1. The molecule has 20 heavy (non-hydrogen) atoms. The van der Waals surface area contributed by atoms with Gasteiger partial charge in [0.25, 0.3) is 0 Å². The number of benzene rings is 2. The Morgan fingerprint density at radius 1 is 1.10 bits per heavy atom. The van der Waals surface area contributed by atoms with Crippen molar-refractivity contribution in [2.24, 2.45) is 5.73 Å². The number of hydrogen-bond acceptors (Lipinski definition) is 1. The third-order valence-corrected chi connectivity index (χ3v) is 3.59. The van der Waals surface area contributed by atoms with Crippen LogP contribution in [0.1, 0.15) is 16.7 Å². The van der Waals surface area contributed by atoms with Gasteiger partial charge in [0.05, 0.1) is 0 Å². The monoisotopic (exact) mass is 268 g/mol. The van der Waals surface area contributed by atoms with Crippen LogP contribution >= 0.6 is 0 Å². The van der Waals surface area contributed by atoms with Gasteiger partial charge in [-0.25, -0.2) is 4.39 Å². The predicted molar refractivity (Wildman–Crippen MR) is 80.1 cm³/mol. The Kier molecular flexibility index (Phi) is 3.28. The normalized spacial score (nSPS) is 11.2. The Morgan fingerprint density at radius 2 is 1.85 bits per heavy atom. The molecule has 0 bridgehead atoms. The lowest BCUT2D eigenvalue weighted by Gasteiger charge is -2.08. The van der Waals surface area contributed by atoms with E-state index in [1.807, 2.05) is 18.2 Å². The summed E-state index contributed by atoms with van der Waals surface area (Å²) >= 11 is 0. The number of para-hydroxylation sites is 1. The van der Waals surface area contributed by atoms with E-state index in [1.165, 1.54) is 22.5 Å². The second-order valence-electron chi connectivity index (χ2n) is 5.13. The van der Waals surface area contributed by atoms with Crippen LogP contribution in [0.4, 0.5) is 4.39 Å². The van der Waals surface area contributed by atoms with E-state index in [4.69, 9.17) is 5.73 Å². The molecule has 1 aromatic heterocycles. The lowest BCUT2D eigenvalue weighted by atomic mass is 10.1. The molecule has 0 saturated carbocycles. The first-order chi connectivity index (χ1) is 9.67. The largest absolute Gasteiger partial charge is 0.343 e. The zero-order valence-electron chi connectivity index (χ0n) is 11.4. The van der Waals surface area contributed by atoms with Crippen LogP contribution in [0.5, 0.6) is 0 Å². The van der Waals surface area contributed by atoms with E-state index < -0.39 is 0 Å². The van der Waals surface area contributed by atoms with E-state index in [0.717, 1.165) is 11.1 Å². The SMILES string of the molecule is Cc1cn(Cc2cc(F)cc(CN)c2)c2ccccc12. The summed E-state index contributed by atoms with van der Waals surface area (Å²) in [7, 11) is 0. The first-order valence-electron chi connectivity index (χ1n) is 6.70. The van der Waals surface area contributed by atoms with Crippen molar-refractivity contribution in [3.05, 3.63) is 71.2 Å². The molecular weight excluding hydrogens is 251 g/mol. The van der Waals surface area contributed by atoms with Crippen molar-refractivity contribution in [3.8, 4) is 0 Å². The quantitative estimate of drug-likeness (QED) is 0.773. The standard InChI is InChI=1S/C17H17FN2/c1-12-10-20(17-5-3-2-4-16(12)17)11-14-6-13(9-19)7-15(18)8-14/h2-8,10H,9,11,19H2,1H3. The highest BCUT2D eigenvalue weighted by atomic mass is 19.1. The van der Waals surface area contributed by atoms with Crippen molar-refractivity contribution < 1.29 is 4.39 Å². The van der Waals surface area contributed by atoms with Crippen LogP contribution in [-0.4, -0.2) is 4.57 Å². The Morgan fingerprint density at radius 3 is 2.65 bits per heavy atom. The fourth-order valence-electron chi connectivity index (χ4n) is 2.68. The summed E-state index contributed by atoms with van der Waals surface area (Å²) in [5.41, 5.74) is 9.77. The molecule has 3 rings (SSSR count). The van der Waals surface area contributed by atoms with Crippen molar-refractivity contribution in [3.63, 3.8) is 0 Å². The van der Waals surface area contributed by atoms with Gasteiger partial charge in [0.15, 0.2) is 0 Å². The third-order valence-electron chi connectivity index (χ3n) is 3.59. The molecule has 0 aliphatic rings. The summed E-state index contributed by atoms with van der Waals surface area (Å²) in [6.07, 6.45) is 2.11. The van der Waals surface area contributed by atoms with Crippen LogP contribution < -0.4 is 5.73 Å². The van der Waals surface area contributed by atoms with Gasteiger partial charge in [0.2, 0.25) is 0 Å². The van der Waals surface area contributed by atoms with Crippen LogP contribution in [0.2, 0.25) is 0 Å². The highest BCUT2D eigenvalue weighted by Gasteiger charge is 2.06. The first-order valence-corrected chi connectivity index (χ1v) is 6.70. The second kappa shape index (κ2) is 5.10. The lowest BCUT2D eigenvalue weighted by molar-refractivity contribution is 0.621. The number of nitrogens with zero attached hydrogens (tertiary/aromatic N) is 1. The Bertz CT molecular complexity index is 759. The van der Waals surface area contributed by atoms with Crippen LogP contribution in [-0.2, 0) is 13.1 Å². The van der Waals surface area contributed by atoms with E-state index in [1.54, 1.807) is 6.07 Å². The molecule has 0 unspecified atom stereocenters. The van der Waals surface area contributed by atoms with Gasteiger partial charge < -0.3 is 10.3 Å². The van der Waals surface area contributed by atoms with Crippen LogP contribution in [0.15, 0.2) is 48.7 Å². The summed E-state index contributed by atoms with van der Waals surface area (Å²) in [4.78, 5) is 0. The van der Waals surface area contributed by atoms with Gasteiger partial charge in [-0.3, -0.25) is 0 Å². The second-order valence-corrected chi connectivity index (χ2v) is 5.13. The molecule has 2 nitrogen and oxygen atoms in total. The molecule has 0 saturated heterocycles. The van der Waals surface area contributed by atoms with Crippen molar-refractivity contribution in [2.45, 2.75) is 20.0 Å². The lowest BCUT2D eigenvalue weighted by Crippen LogP contribution is -2.02. The minimum Gasteiger partial charge on any atom is -0.343 e. The van der Waals surface area contributed by atoms with E-state index in [2.05, 4.69) is 29.8 Å². The number of hydrogen-bond donors (Lipinski definition) is 1. The van der Waals surface area contributed by atoms with Crippen LogP contribution in [0.3, 0.4) is 0 Å². The van der Waals surface area contributed by atoms with Crippen molar-refractivity contribution >= 4 is 10.9 Å². The molecule has 1 heterocycles. The maximum atomic E-state index is 13.6. The molecule has 0 spiro atoms. The molecule has 102 valence electrons. The Hall–Kier alpha value is -2.13. The smallest absolute Gasteiger partial charge is 0.123 e. The third kappa shape index (κ3) is 2.32. The number of fused-ring (bicyclic) bond motifs is 1. The highest BCUT2D eigenvalue weighted by Crippen LogP contribution is 2.22. The molecule has 3 aromatic rings. The molecule has 0 radical (unpaired) electrons. The maximum absolute atomic E-state index is 13.6. The van der Waals surface area contributed by atoms with Gasteiger partial charge in [-0.1, -0.05) is 24.3 Å². The van der Waals surface area contributed by atoms with Crippen LogP contribution in [0.25, 0.3) is 10.9 Å². The van der Waals surface area contributed by atoms with E-state index in [-0.39, 0.29) is 5.82 Å².